The van der Waals surface area contributed by atoms with Crippen LogP contribution in [0.4, 0.5) is 5.88 Å². The Hall–Kier alpha value is -2.42. The lowest BCUT2D eigenvalue weighted by Gasteiger charge is -2.06. The number of oxazole rings is 1. The fourth-order valence-corrected chi connectivity index (χ4v) is 4.85. The van der Waals surface area contributed by atoms with Crippen molar-refractivity contribution in [3.05, 3.63) is 93.4 Å². The summed E-state index contributed by atoms with van der Waals surface area (Å²) >= 11 is 6.80. The van der Waals surface area contributed by atoms with Gasteiger partial charge in [-0.1, -0.05) is 58.4 Å². The number of hydrogen-bond donors (Lipinski definition) is 1. The molecule has 0 unspecified atom stereocenters. The Kier molecular flexibility index (Phi) is 6.08. The van der Waals surface area contributed by atoms with Gasteiger partial charge in [0.1, 0.15) is 0 Å². The lowest BCUT2D eigenvalue weighted by Crippen LogP contribution is -2.07. The molecule has 0 fully saturated rings. The van der Waals surface area contributed by atoms with Gasteiger partial charge < -0.3 is 9.73 Å². The number of sulfone groups is 1. The normalized spacial score (nSPS) is 11.4. The van der Waals surface area contributed by atoms with Gasteiger partial charge in [-0.05, 0) is 57.9 Å². The molecule has 0 saturated heterocycles. The average Bonchev–Trinajstić information content (AvgIpc) is 3.18. The molecule has 1 heterocycles. The molecule has 0 aliphatic carbocycles. The number of nitrogens with one attached hydrogen (secondary N) is 1. The first-order valence-electron chi connectivity index (χ1n) is 8.99. The zero-order valence-corrected chi connectivity index (χ0v) is 19.5. The molecule has 0 saturated carbocycles. The first-order valence-corrected chi connectivity index (χ1v) is 12.1. The third-order valence-corrected chi connectivity index (χ3v) is 7.27. The number of aromatic nitrogens is 1. The molecule has 30 heavy (non-hydrogen) atoms. The zero-order chi connectivity index (χ0) is 21.1. The van der Waals surface area contributed by atoms with E-state index in [1.165, 1.54) is 12.1 Å². The Balaban J connectivity index is 1.79. The molecule has 152 valence electrons. The quantitative estimate of drug-likeness (QED) is 0.306. The summed E-state index contributed by atoms with van der Waals surface area (Å²) in [4.78, 5) is 4.50. The molecule has 0 spiro atoms. The van der Waals surface area contributed by atoms with E-state index in [1.54, 1.807) is 12.1 Å². The molecule has 0 radical (unpaired) electrons. The fourth-order valence-electron chi connectivity index (χ4n) is 2.85. The van der Waals surface area contributed by atoms with Crippen LogP contribution in [0, 0.1) is 0 Å². The van der Waals surface area contributed by atoms with Crippen LogP contribution in [-0.4, -0.2) is 13.4 Å². The number of hydrogen-bond acceptors (Lipinski definition) is 5. The van der Waals surface area contributed by atoms with Gasteiger partial charge in [0, 0.05) is 15.5 Å². The van der Waals surface area contributed by atoms with Crippen LogP contribution < -0.4 is 5.32 Å². The first kappa shape index (κ1) is 20.8. The van der Waals surface area contributed by atoms with Crippen LogP contribution >= 0.6 is 31.9 Å². The third-order valence-electron chi connectivity index (χ3n) is 4.37. The van der Waals surface area contributed by atoms with Crippen molar-refractivity contribution in [3.63, 3.8) is 0 Å². The highest BCUT2D eigenvalue weighted by molar-refractivity contribution is 9.10. The topological polar surface area (TPSA) is 72.2 Å². The summed E-state index contributed by atoms with van der Waals surface area (Å²) in [5.41, 5.74) is 1.65. The van der Waals surface area contributed by atoms with Gasteiger partial charge in [-0.25, -0.2) is 8.42 Å². The van der Waals surface area contributed by atoms with E-state index in [0.717, 1.165) is 14.5 Å². The molecule has 0 atom stereocenters. The number of anilines is 1. The van der Waals surface area contributed by atoms with Crippen molar-refractivity contribution in [2.24, 2.45) is 0 Å². The van der Waals surface area contributed by atoms with Crippen molar-refractivity contribution >= 4 is 47.6 Å². The highest BCUT2D eigenvalue weighted by Crippen LogP contribution is 2.35. The predicted octanol–water partition coefficient (Wildman–Crippen LogP) is 6.31. The van der Waals surface area contributed by atoms with E-state index in [-0.39, 0.29) is 21.7 Å². The third kappa shape index (κ3) is 4.35. The van der Waals surface area contributed by atoms with Gasteiger partial charge in [0.05, 0.1) is 10.5 Å². The number of benzene rings is 3. The second-order valence-electron chi connectivity index (χ2n) is 6.43. The largest absolute Gasteiger partial charge is 0.419 e. The van der Waals surface area contributed by atoms with E-state index >= 15 is 0 Å². The summed E-state index contributed by atoms with van der Waals surface area (Å²) in [5, 5.41) is 2.95. The highest BCUT2D eigenvalue weighted by atomic mass is 79.9. The molecule has 0 bridgehead atoms. The minimum Gasteiger partial charge on any atom is -0.419 e. The highest BCUT2D eigenvalue weighted by Gasteiger charge is 2.29. The molecule has 4 rings (SSSR count). The smallest absolute Gasteiger partial charge is 0.234 e. The van der Waals surface area contributed by atoms with E-state index in [2.05, 4.69) is 42.2 Å². The first-order chi connectivity index (χ1) is 14.4. The van der Waals surface area contributed by atoms with Crippen LogP contribution in [0.2, 0.25) is 0 Å². The van der Waals surface area contributed by atoms with Gasteiger partial charge in [0.25, 0.3) is 0 Å². The molecular formula is C22H16Br2N2O3S. The van der Waals surface area contributed by atoms with Crippen LogP contribution in [0.1, 0.15) is 5.56 Å². The van der Waals surface area contributed by atoms with Crippen LogP contribution in [0.25, 0.3) is 11.5 Å². The maximum absolute atomic E-state index is 13.3. The summed E-state index contributed by atoms with van der Waals surface area (Å²) in [6.45, 7) is 0.397. The molecule has 0 amide bonds. The number of nitrogens with zero attached hydrogens (tertiary/aromatic N) is 1. The van der Waals surface area contributed by atoms with E-state index < -0.39 is 9.84 Å². The van der Waals surface area contributed by atoms with E-state index in [4.69, 9.17) is 4.42 Å². The van der Waals surface area contributed by atoms with E-state index in [0.29, 0.717) is 12.1 Å². The standard InChI is InChI=1S/C22H16Br2N2O3S/c23-16-10-12-17(13-11-16)30(27,28)22-21(25-14-15-6-2-1-3-7-15)29-20(26-22)18-8-4-5-9-19(18)24/h1-13,25H,14H2. The second kappa shape index (κ2) is 8.75. The lowest BCUT2D eigenvalue weighted by molar-refractivity contribution is 0.576. The maximum Gasteiger partial charge on any atom is 0.234 e. The minimum atomic E-state index is -3.89. The number of rotatable bonds is 6. The van der Waals surface area contributed by atoms with Crippen molar-refractivity contribution in [1.82, 2.24) is 4.98 Å². The SMILES string of the molecule is O=S(=O)(c1ccc(Br)cc1)c1nc(-c2ccccc2Br)oc1NCc1ccccc1. The Labute approximate surface area is 191 Å². The average molecular weight is 548 g/mol. The van der Waals surface area contributed by atoms with Gasteiger partial charge in [0.15, 0.2) is 0 Å². The van der Waals surface area contributed by atoms with Crippen molar-refractivity contribution in [2.45, 2.75) is 16.5 Å². The van der Waals surface area contributed by atoms with E-state index in [9.17, 15) is 8.42 Å². The Morgan fingerprint density at radius 2 is 1.53 bits per heavy atom. The lowest BCUT2D eigenvalue weighted by atomic mass is 10.2. The fraction of sp³-hybridized carbons (Fsp3) is 0.0455. The predicted molar refractivity (Wildman–Crippen MR) is 123 cm³/mol. The van der Waals surface area contributed by atoms with E-state index in [1.807, 2.05) is 54.6 Å². The molecule has 4 aromatic rings. The molecule has 0 aliphatic heterocycles. The summed E-state index contributed by atoms with van der Waals surface area (Å²) < 4.78 is 34.1. The van der Waals surface area contributed by atoms with Crippen LogP contribution in [0.5, 0.6) is 0 Å². The molecule has 3 aromatic carbocycles. The molecule has 1 aromatic heterocycles. The van der Waals surface area contributed by atoms with Gasteiger partial charge in [-0.3, -0.25) is 0 Å². The van der Waals surface area contributed by atoms with Crippen LogP contribution in [0.3, 0.4) is 0 Å². The number of halogens is 2. The zero-order valence-electron chi connectivity index (χ0n) is 15.5. The molecule has 5 nitrogen and oxygen atoms in total. The van der Waals surface area contributed by atoms with Gasteiger partial charge in [-0.15, -0.1) is 0 Å². The van der Waals surface area contributed by atoms with Crippen LogP contribution in [0.15, 0.2) is 102 Å². The molecular weight excluding hydrogens is 532 g/mol. The molecule has 0 aliphatic rings. The summed E-state index contributed by atoms with van der Waals surface area (Å²) in [6.07, 6.45) is 0. The Bertz CT molecular complexity index is 1270. The van der Waals surface area contributed by atoms with Gasteiger partial charge in [0.2, 0.25) is 26.6 Å². The minimum absolute atomic E-state index is 0.104. The second-order valence-corrected chi connectivity index (χ2v) is 10.1. The Morgan fingerprint density at radius 3 is 2.23 bits per heavy atom. The molecule has 8 heteroatoms. The monoisotopic (exact) mass is 546 g/mol. The Morgan fingerprint density at radius 1 is 0.867 bits per heavy atom. The van der Waals surface area contributed by atoms with Crippen molar-refractivity contribution in [3.8, 4) is 11.5 Å². The summed E-state index contributed by atoms with van der Waals surface area (Å²) in [7, 11) is -3.89. The van der Waals surface area contributed by atoms with Crippen molar-refractivity contribution < 1.29 is 12.8 Å². The summed E-state index contributed by atoms with van der Waals surface area (Å²) in [6, 6.07) is 23.4. The van der Waals surface area contributed by atoms with Gasteiger partial charge >= 0.3 is 0 Å². The van der Waals surface area contributed by atoms with Gasteiger partial charge in [-0.2, -0.15) is 4.98 Å². The molecule has 1 N–H and O–H groups in total. The maximum atomic E-state index is 13.3. The summed E-state index contributed by atoms with van der Waals surface area (Å²) in [5.74, 6) is 0.321. The van der Waals surface area contributed by atoms with Crippen molar-refractivity contribution in [1.29, 1.82) is 0 Å². The van der Waals surface area contributed by atoms with Crippen molar-refractivity contribution in [2.75, 3.05) is 5.32 Å². The van der Waals surface area contributed by atoms with Crippen LogP contribution in [-0.2, 0) is 16.4 Å².